The summed E-state index contributed by atoms with van der Waals surface area (Å²) in [6.07, 6.45) is 7.29. The van der Waals surface area contributed by atoms with Crippen molar-refractivity contribution in [3.63, 3.8) is 0 Å². The first-order valence-corrected chi connectivity index (χ1v) is 8.14. The number of unbranched alkanes of at least 4 members (excludes halogenated alkanes) is 1. The number of allylic oxidation sites excluding steroid dienone is 2. The van der Waals surface area contributed by atoms with Crippen LogP contribution in [0.3, 0.4) is 0 Å². The first-order chi connectivity index (χ1) is 11.2. The van der Waals surface area contributed by atoms with Gasteiger partial charge in [0.1, 0.15) is 0 Å². The van der Waals surface area contributed by atoms with Gasteiger partial charge in [0.05, 0.1) is 5.70 Å². The van der Waals surface area contributed by atoms with Gasteiger partial charge in [0.2, 0.25) is 6.41 Å². The molecule has 1 aliphatic rings. The highest BCUT2D eigenvalue weighted by molar-refractivity contribution is 5.80. The molecule has 2 rings (SSSR count). The van der Waals surface area contributed by atoms with Gasteiger partial charge in [-0.05, 0) is 43.4 Å². The summed E-state index contributed by atoms with van der Waals surface area (Å²) < 4.78 is 0. The lowest BCUT2D eigenvalue weighted by Crippen LogP contribution is -2.30. The first kappa shape index (κ1) is 18.7. The highest BCUT2D eigenvalue weighted by Gasteiger charge is 2.14. The van der Waals surface area contributed by atoms with Crippen molar-refractivity contribution >= 4 is 18.3 Å². The normalized spacial score (nSPS) is 13.9. The molecule has 1 aromatic carbocycles. The van der Waals surface area contributed by atoms with E-state index in [9.17, 15) is 4.79 Å². The minimum atomic E-state index is 0.547. The summed E-state index contributed by atoms with van der Waals surface area (Å²) in [5, 5.41) is 10.1. The number of benzene rings is 1. The van der Waals surface area contributed by atoms with Crippen LogP contribution in [0, 0.1) is 5.41 Å². The molecule has 0 saturated heterocycles. The molecule has 0 unspecified atom stereocenters. The van der Waals surface area contributed by atoms with Crippen LogP contribution in [-0.4, -0.2) is 31.1 Å². The third-order valence-corrected chi connectivity index (χ3v) is 3.81. The topological polar surface area (TPSA) is 82.2 Å². The standard InChI is InChI=1S/C11H17N.C7H11N3O/c1-3-4-5-10-6-8-11(12-2)9-7-10;8-4-7-6(9)2-1-3-10(7)5-11/h6-9,12H,3-5H2,1-2H3;4-5,8H,1-3,9H2. The third kappa shape index (κ3) is 6.14. The molecule has 1 aliphatic heterocycles. The second-order valence-corrected chi connectivity index (χ2v) is 5.51. The van der Waals surface area contributed by atoms with E-state index in [1.807, 2.05) is 7.05 Å². The lowest BCUT2D eigenvalue weighted by Gasteiger charge is -2.24. The molecule has 0 spiro atoms. The van der Waals surface area contributed by atoms with Crippen molar-refractivity contribution in [3.8, 4) is 0 Å². The van der Waals surface area contributed by atoms with Gasteiger partial charge >= 0.3 is 0 Å². The van der Waals surface area contributed by atoms with Crippen molar-refractivity contribution < 1.29 is 4.79 Å². The van der Waals surface area contributed by atoms with E-state index in [1.54, 1.807) is 0 Å². The third-order valence-electron chi connectivity index (χ3n) is 3.81. The molecule has 0 atom stereocenters. The number of carbonyl (C=O) groups excluding carboxylic acids is 1. The molecule has 0 aliphatic carbocycles. The number of hydrogen-bond acceptors (Lipinski definition) is 4. The lowest BCUT2D eigenvalue weighted by molar-refractivity contribution is -0.116. The Morgan fingerprint density at radius 1 is 1.35 bits per heavy atom. The summed E-state index contributed by atoms with van der Waals surface area (Å²) in [7, 11) is 1.95. The Morgan fingerprint density at radius 2 is 2.04 bits per heavy atom. The number of nitrogens with two attached hydrogens (primary N) is 1. The second kappa shape index (κ2) is 10.4. The highest BCUT2D eigenvalue weighted by Crippen LogP contribution is 2.14. The summed E-state index contributed by atoms with van der Waals surface area (Å²) in [4.78, 5) is 11.9. The fraction of sp³-hybridized carbons (Fsp3) is 0.444. The second-order valence-electron chi connectivity index (χ2n) is 5.51. The Morgan fingerprint density at radius 3 is 2.52 bits per heavy atom. The van der Waals surface area contributed by atoms with E-state index >= 15 is 0 Å². The molecule has 0 bridgehead atoms. The molecule has 1 amide bonds. The van der Waals surface area contributed by atoms with Gasteiger partial charge in [0.25, 0.3) is 0 Å². The van der Waals surface area contributed by atoms with Crippen LogP contribution >= 0.6 is 0 Å². The number of nitrogens with one attached hydrogen (secondary N) is 2. The van der Waals surface area contributed by atoms with Crippen LogP contribution in [0.1, 0.15) is 38.2 Å². The number of carbonyl (C=O) groups is 1. The summed E-state index contributed by atoms with van der Waals surface area (Å²) in [6.45, 7) is 2.90. The van der Waals surface area contributed by atoms with Gasteiger partial charge in [0.15, 0.2) is 0 Å². The highest BCUT2D eigenvalue weighted by atomic mass is 16.1. The monoisotopic (exact) mass is 316 g/mol. The maximum Gasteiger partial charge on any atom is 0.214 e. The van der Waals surface area contributed by atoms with E-state index < -0.39 is 0 Å². The Hall–Kier alpha value is -2.30. The molecule has 0 radical (unpaired) electrons. The molecule has 1 aromatic rings. The molecule has 126 valence electrons. The van der Waals surface area contributed by atoms with Crippen molar-refractivity contribution in [1.29, 1.82) is 5.41 Å². The fourth-order valence-corrected chi connectivity index (χ4v) is 2.38. The Kier molecular flexibility index (Phi) is 8.50. The van der Waals surface area contributed by atoms with Crippen LogP contribution in [0.5, 0.6) is 0 Å². The van der Waals surface area contributed by atoms with Crippen molar-refractivity contribution in [3.05, 3.63) is 41.2 Å². The van der Waals surface area contributed by atoms with Gasteiger partial charge in [0, 0.05) is 31.2 Å². The molecule has 0 aromatic heterocycles. The maximum atomic E-state index is 10.4. The van der Waals surface area contributed by atoms with E-state index in [0.717, 1.165) is 19.1 Å². The number of aryl methyl sites for hydroxylation is 1. The van der Waals surface area contributed by atoms with Gasteiger partial charge < -0.3 is 21.4 Å². The zero-order chi connectivity index (χ0) is 17.1. The van der Waals surface area contributed by atoms with Crippen molar-refractivity contribution in [2.75, 3.05) is 18.9 Å². The minimum Gasteiger partial charge on any atom is -0.400 e. The van der Waals surface area contributed by atoms with Crippen LogP contribution in [-0.2, 0) is 11.2 Å². The van der Waals surface area contributed by atoms with Gasteiger partial charge in [-0.3, -0.25) is 4.79 Å². The van der Waals surface area contributed by atoms with E-state index in [0.29, 0.717) is 24.3 Å². The average Bonchev–Trinajstić information content (AvgIpc) is 2.60. The average molecular weight is 316 g/mol. The summed E-state index contributed by atoms with van der Waals surface area (Å²) >= 11 is 0. The summed E-state index contributed by atoms with van der Waals surface area (Å²) in [6, 6.07) is 8.65. The van der Waals surface area contributed by atoms with Crippen LogP contribution < -0.4 is 11.1 Å². The Bertz CT molecular complexity index is 522. The zero-order valence-electron chi connectivity index (χ0n) is 14.1. The fourth-order valence-electron chi connectivity index (χ4n) is 2.38. The zero-order valence-corrected chi connectivity index (χ0v) is 14.1. The smallest absolute Gasteiger partial charge is 0.214 e. The number of rotatable bonds is 6. The SMILES string of the molecule is CCCCc1ccc(NC)cc1.N=CC1=C(N)CCCN1C=O. The predicted molar refractivity (Wildman–Crippen MR) is 96.6 cm³/mol. The van der Waals surface area contributed by atoms with E-state index in [4.69, 9.17) is 11.1 Å². The summed E-state index contributed by atoms with van der Waals surface area (Å²) in [5.74, 6) is 0. The molecule has 4 N–H and O–H groups in total. The number of hydrogen-bond donors (Lipinski definition) is 3. The largest absolute Gasteiger partial charge is 0.400 e. The summed E-state index contributed by atoms with van der Waals surface area (Å²) in [5.41, 5.74) is 9.40. The van der Waals surface area contributed by atoms with Crippen LogP contribution in [0.15, 0.2) is 35.7 Å². The van der Waals surface area contributed by atoms with E-state index in [-0.39, 0.29) is 0 Å². The van der Waals surface area contributed by atoms with Crippen LogP contribution in [0.25, 0.3) is 0 Å². The van der Waals surface area contributed by atoms with Crippen molar-refractivity contribution in [2.45, 2.75) is 39.0 Å². The molecule has 5 nitrogen and oxygen atoms in total. The first-order valence-electron chi connectivity index (χ1n) is 8.14. The molecule has 23 heavy (non-hydrogen) atoms. The maximum absolute atomic E-state index is 10.4. The molecular formula is C18H28N4O. The minimum absolute atomic E-state index is 0.547. The van der Waals surface area contributed by atoms with Crippen LogP contribution in [0.2, 0.25) is 0 Å². The quantitative estimate of drug-likeness (QED) is 0.557. The molecule has 1 heterocycles. The van der Waals surface area contributed by atoms with E-state index in [1.165, 1.54) is 35.4 Å². The number of anilines is 1. The number of nitrogens with zero attached hydrogens (tertiary/aromatic N) is 1. The Balaban J connectivity index is 0.000000231. The van der Waals surface area contributed by atoms with Gasteiger partial charge in [-0.2, -0.15) is 0 Å². The van der Waals surface area contributed by atoms with Gasteiger partial charge in [-0.15, -0.1) is 0 Å². The van der Waals surface area contributed by atoms with Crippen molar-refractivity contribution in [1.82, 2.24) is 4.90 Å². The predicted octanol–water partition coefficient (Wildman–Crippen LogP) is 3.13. The molecule has 0 saturated carbocycles. The molecule has 5 heteroatoms. The van der Waals surface area contributed by atoms with Gasteiger partial charge in [-0.1, -0.05) is 25.5 Å². The number of amides is 1. The lowest BCUT2D eigenvalue weighted by atomic mass is 10.1. The Labute approximate surface area is 139 Å². The van der Waals surface area contributed by atoms with E-state index in [2.05, 4.69) is 36.5 Å². The van der Waals surface area contributed by atoms with Gasteiger partial charge in [-0.25, -0.2) is 0 Å². The molecule has 0 fully saturated rings. The molecular weight excluding hydrogens is 288 g/mol. The van der Waals surface area contributed by atoms with Crippen molar-refractivity contribution in [2.24, 2.45) is 5.73 Å². The van der Waals surface area contributed by atoms with Crippen LogP contribution in [0.4, 0.5) is 5.69 Å².